The predicted molar refractivity (Wildman–Crippen MR) is 144 cm³/mol. The van der Waals surface area contributed by atoms with Crippen LogP contribution in [0.3, 0.4) is 0 Å². The SMILES string of the molecule is CC[C@@H](C)N(Cc1c(-c2ccccc2)nn(C)c1Oc1ccccc1OC)C[C@@H](O)COCC(C)C. The highest BCUT2D eigenvalue weighted by atomic mass is 16.5. The molecule has 0 saturated carbocycles. The molecule has 0 saturated heterocycles. The molecule has 36 heavy (non-hydrogen) atoms. The third kappa shape index (κ3) is 7.32. The molecule has 0 aliphatic rings. The van der Waals surface area contributed by atoms with Crippen LogP contribution in [-0.2, 0) is 18.3 Å². The standard InChI is InChI=1S/C29H41N3O4/c1-7-22(4)32(17-24(33)20-35-19-21(2)3)18-25-28(23-13-9-8-10-14-23)30-31(5)29(25)36-27-16-12-11-15-26(27)34-6/h8-16,21-22,24,33H,7,17-20H2,1-6H3/t22-,24-/m1/s1. The Labute approximate surface area is 215 Å². The van der Waals surface area contributed by atoms with Crippen molar-refractivity contribution in [3.63, 3.8) is 0 Å². The summed E-state index contributed by atoms with van der Waals surface area (Å²) in [6.07, 6.45) is 0.358. The molecule has 0 bridgehead atoms. The molecule has 1 aromatic heterocycles. The van der Waals surface area contributed by atoms with Crippen LogP contribution in [0.2, 0.25) is 0 Å². The minimum absolute atomic E-state index is 0.243. The summed E-state index contributed by atoms with van der Waals surface area (Å²) in [6, 6.07) is 18.0. The molecule has 3 rings (SSSR count). The van der Waals surface area contributed by atoms with Crippen molar-refractivity contribution in [1.82, 2.24) is 14.7 Å². The van der Waals surface area contributed by atoms with E-state index in [-0.39, 0.29) is 6.04 Å². The number of methoxy groups -OCH3 is 1. The molecule has 0 radical (unpaired) electrons. The molecule has 0 aliphatic carbocycles. The number of aryl methyl sites for hydroxylation is 1. The van der Waals surface area contributed by atoms with E-state index in [9.17, 15) is 5.11 Å². The van der Waals surface area contributed by atoms with Crippen LogP contribution in [-0.4, -0.2) is 58.8 Å². The van der Waals surface area contributed by atoms with Crippen LogP contribution in [0.5, 0.6) is 17.4 Å². The van der Waals surface area contributed by atoms with Gasteiger partial charge in [-0.1, -0.05) is 63.2 Å². The van der Waals surface area contributed by atoms with E-state index < -0.39 is 6.10 Å². The third-order valence-electron chi connectivity index (χ3n) is 6.19. The van der Waals surface area contributed by atoms with Crippen LogP contribution in [0.25, 0.3) is 11.3 Å². The van der Waals surface area contributed by atoms with Gasteiger partial charge in [0.25, 0.3) is 0 Å². The van der Waals surface area contributed by atoms with E-state index in [0.29, 0.717) is 49.6 Å². The summed E-state index contributed by atoms with van der Waals surface area (Å²) in [5.41, 5.74) is 2.84. The lowest BCUT2D eigenvalue weighted by atomic mass is 10.1. The normalized spacial score (nSPS) is 13.2. The zero-order chi connectivity index (χ0) is 26.1. The Balaban J connectivity index is 1.96. The number of aliphatic hydroxyl groups excluding tert-OH is 1. The average molecular weight is 496 g/mol. The molecule has 0 amide bonds. The minimum Gasteiger partial charge on any atom is -0.493 e. The van der Waals surface area contributed by atoms with Gasteiger partial charge in [-0.3, -0.25) is 4.90 Å². The molecule has 0 aliphatic heterocycles. The second kappa shape index (κ2) is 13.4. The Kier molecular flexibility index (Phi) is 10.3. The van der Waals surface area contributed by atoms with Crippen molar-refractivity contribution in [3.8, 4) is 28.6 Å². The van der Waals surface area contributed by atoms with Crippen molar-refractivity contribution in [3.05, 3.63) is 60.2 Å². The summed E-state index contributed by atoms with van der Waals surface area (Å²) in [5.74, 6) is 2.36. The van der Waals surface area contributed by atoms with Crippen LogP contribution in [0, 0.1) is 5.92 Å². The number of para-hydroxylation sites is 2. The van der Waals surface area contributed by atoms with Crippen molar-refractivity contribution in [2.45, 2.75) is 52.8 Å². The lowest BCUT2D eigenvalue weighted by Gasteiger charge is -2.30. The van der Waals surface area contributed by atoms with Gasteiger partial charge in [0, 0.05) is 38.3 Å². The molecule has 1 N–H and O–H groups in total. The summed E-state index contributed by atoms with van der Waals surface area (Å²) >= 11 is 0. The lowest BCUT2D eigenvalue weighted by Crippen LogP contribution is -2.40. The molecule has 0 fully saturated rings. The Morgan fingerprint density at radius 2 is 1.64 bits per heavy atom. The highest BCUT2D eigenvalue weighted by Crippen LogP contribution is 2.37. The van der Waals surface area contributed by atoms with Gasteiger partial charge >= 0.3 is 0 Å². The largest absolute Gasteiger partial charge is 0.493 e. The zero-order valence-electron chi connectivity index (χ0n) is 22.5. The molecular formula is C29H41N3O4. The molecule has 196 valence electrons. The van der Waals surface area contributed by atoms with Gasteiger partial charge in [-0.2, -0.15) is 5.10 Å². The van der Waals surface area contributed by atoms with Gasteiger partial charge in [0.1, 0.15) is 5.69 Å². The summed E-state index contributed by atoms with van der Waals surface area (Å²) in [5, 5.41) is 15.6. The highest BCUT2D eigenvalue weighted by molar-refractivity contribution is 5.66. The maximum atomic E-state index is 10.8. The van der Waals surface area contributed by atoms with E-state index in [0.717, 1.165) is 23.2 Å². The van der Waals surface area contributed by atoms with Crippen molar-refractivity contribution < 1.29 is 19.3 Å². The van der Waals surface area contributed by atoms with Gasteiger partial charge in [-0.05, 0) is 31.4 Å². The fraction of sp³-hybridized carbons (Fsp3) is 0.483. The maximum Gasteiger partial charge on any atom is 0.222 e. The fourth-order valence-electron chi connectivity index (χ4n) is 4.08. The van der Waals surface area contributed by atoms with Gasteiger partial charge in [0.05, 0.1) is 25.4 Å². The molecule has 3 aromatic rings. The van der Waals surface area contributed by atoms with Crippen LogP contribution < -0.4 is 9.47 Å². The molecule has 2 atom stereocenters. The van der Waals surface area contributed by atoms with Crippen molar-refractivity contribution in [2.24, 2.45) is 13.0 Å². The number of rotatable bonds is 14. The first-order valence-electron chi connectivity index (χ1n) is 12.8. The molecule has 2 aromatic carbocycles. The number of benzene rings is 2. The number of nitrogens with zero attached hydrogens (tertiary/aromatic N) is 3. The highest BCUT2D eigenvalue weighted by Gasteiger charge is 2.26. The zero-order valence-corrected chi connectivity index (χ0v) is 22.5. The Bertz CT molecular complexity index is 1070. The number of aromatic nitrogens is 2. The van der Waals surface area contributed by atoms with E-state index in [1.807, 2.05) is 49.5 Å². The number of ether oxygens (including phenoxy) is 3. The Morgan fingerprint density at radius 3 is 2.28 bits per heavy atom. The minimum atomic E-state index is -0.590. The Hall–Kier alpha value is -2.87. The number of aliphatic hydroxyl groups is 1. The maximum absolute atomic E-state index is 10.8. The van der Waals surface area contributed by atoms with Crippen LogP contribution in [0.1, 0.15) is 39.7 Å². The van der Waals surface area contributed by atoms with E-state index in [1.54, 1.807) is 11.8 Å². The van der Waals surface area contributed by atoms with Gasteiger partial charge in [0.15, 0.2) is 11.5 Å². The average Bonchev–Trinajstić information content (AvgIpc) is 3.18. The second-order valence-electron chi connectivity index (χ2n) is 9.65. The van der Waals surface area contributed by atoms with E-state index in [4.69, 9.17) is 19.3 Å². The van der Waals surface area contributed by atoms with Gasteiger partial charge < -0.3 is 19.3 Å². The second-order valence-corrected chi connectivity index (χ2v) is 9.65. The molecule has 1 heterocycles. The molecule has 0 spiro atoms. The quantitative estimate of drug-likeness (QED) is 0.318. The van der Waals surface area contributed by atoms with Gasteiger partial charge in [0.2, 0.25) is 5.88 Å². The van der Waals surface area contributed by atoms with Crippen molar-refractivity contribution in [1.29, 1.82) is 0 Å². The summed E-state index contributed by atoms with van der Waals surface area (Å²) in [7, 11) is 3.53. The van der Waals surface area contributed by atoms with E-state index >= 15 is 0 Å². The molecule has 0 unspecified atom stereocenters. The van der Waals surface area contributed by atoms with Gasteiger partial charge in [-0.25, -0.2) is 4.68 Å². The van der Waals surface area contributed by atoms with Crippen LogP contribution in [0.4, 0.5) is 0 Å². The fourth-order valence-corrected chi connectivity index (χ4v) is 4.08. The predicted octanol–water partition coefficient (Wildman–Crippen LogP) is 5.52. The van der Waals surface area contributed by atoms with E-state index in [2.05, 4.69) is 44.7 Å². The monoisotopic (exact) mass is 495 g/mol. The summed E-state index contributed by atoms with van der Waals surface area (Å²) in [6.45, 7) is 10.6. The van der Waals surface area contributed by atoms with Gasteiger partial charge in [-0.15, -0.1) is 0 Å². The van der Waals surface area contributed by atoms with Crippen LogP contribution in [0.15, 0.2) is 54.6 Å². The molecular weight excluding hydrogens is 454 g/mol. The lowest BCUT2D eigenvalue weighted by molar-refractivity contribution is 0.0000398. The van der Waals surface area contributed by atoms with Crippen molar-refractivity contribution in [2.75, 3.05) is 26.9 Å². The first-order valence-corrected chi connectivity index (χ1v) is 12.8. The first-order chi connectivity index (χ1) is 17.3. The summed E-state index contributed by atoms with van der Waals surface area (Å²) in [4.78, 5) is 2.28. The number of hydrogen-bond acceptors (Lipinski definition) is 6. The Morgan fingerprint density at radius 1 is 0.972 bits per heavy atom. The van der Waals surface area contributed by atoms with Crippen molar-refractivity contribution >= 4 is 0 Å². The molecule has 7 heteroatoms. The third-order valence-corrected chi connectivity index (χ3v) is 6.19. The van der Waals surface area contributed by atoms with E-state index in [1.165, 1.54) is 0 Å². The van der Waals surface area contributed by atoms with Crippen LogP contribution >= 0.6 is 0 Å². The smallest absolute Gasteiger partial charge is 0.222 e. The number of hydrogen-bond donors (Lipinski definition) is 1. The first kappa shape index (κ1) is 27.7. The summed E-state index contributed by atoms with van der Waals surface area (Å²) < 4.78 is 19.5. The molecule has 7 nitrogen and oxygen atoms in total. The topological polar surface area (TPSA) is 69.0 Å².